The van der Waals surface area contributed by atoms with Crippen molar-refractivity contribution in [3.8, 4) is 5.75 Å². The number of carbonyl (C=O) groups is 1. The third-order valence-electron chi connectivity index (χ3n) is 3.83. The smallest absolute Gasteiger partial charge is 0.336 e. The molecule has 0 N–H and O–H groups in total. The second-order valence-corrected chi connectivity index (χ2v) is 5.73. The summed E-state index contributed by atoms with van der Waals surface area (Å²) in [6.07, 6.45) is 9.66. The zero-order chi connectivity index (χ0) is 16.3. The molecule has 0 bridgehead atoms. The number of hydrogen-bond donors (Lipinski definition) is 0. The molecule has 1 aromatic carbocycles. The van der Waals surface area contributed by atoms with Gasteiger partial charge in [-0.15, -0.1) is 0 Å². The van der Waals surface area contributed by atoms with E-state index >= 15 is 0 Å². The molecule has 0 spiro atoms. The van der Waals surface area contributed by atoms with Crippen molar-refractivity contribution < 1.29 is 13.9 Å². The molecule has 0 saturated carbocycles. The van der Waals surface area contributed by atoms with Gasteiger partial charge in [0.1, 0.15) is 17.6 Å². The van der Waals surface area contributed by atoms with Gasteiger partial charge in [0, 0.05) is 23.9 Å². The van der Waals surface area contributed by atoms with Crippen molar-refractivity contribution in [2.24, 2.45) is 0 Å². The lowest BCUT2D eigenvalue weighted by Crippen LogP contribution is -1.98. The maximum Gasteiger partial charge on any atom is 0.336 e. The molecule has 0 aliphatic heterocycles. The van der Waals surface area contributed by atoms with Crippen LogP contribution in [0.25, 0.3) is 11.0 Å². The second-order valence-electron chi connectivity index (χ2n) is 5.73. The van der Waals surface area contributed by atoms with Crippen LogP contribution < -0.4 is 10.4 Å². The maximum atomic E-state index is 11.2. The van der Waals surface area contributed by atoms with Crippen LogP contribution >= 0.6 is 0 Å². The van der Waals surface area contributed by atoms with Crippen molar-refractivity contribution in [3.63, 3.8) is 0 Å². The van der Waals surface area contributed by atoms with E-state index in [1.165, 1.54) is 25.3 Å². The highest BCUT2D eigenvalue weighted by Crippen LogP contribution is 2.19. The predicted molar refractivity (Wildman–Crippen MR) is 91.0 cm³/mol. The van der Waals surface area contributed by atoms with Crippen LogP contribution in [0, 0.1) is 0 Å². The Hall–Kier alpha value is -2.10. The molecule has 2 aromatic rings. The molecule has 0 fully saturated rings. The van der Waals surface area contributed by atoms with Crippen LogP contribution in [0.4, 0.5) is 0 Å². The topological polar surface area (TPSA) is 56.5 Å². The van der Waals surface area contributed by atoms with E-state index in [9.17, 15) is 9.59 Å². The highest BCUT2D eigenvalue weighted by molar-refractivity contribution is 5.77. The maximum absolute atomic E-state index is 11.2. The van der Waals surface area contributed by atoms with E-state index in [2.05, 4.69) is 0 Å². The van der Waals surface area contributed by atoms with E-state index in [4.69, 9.17) is 9.15 Å². The molecular weight excluding hydrogens is 292 g/mol. The highest BCUT2D eigenvalue weighted by atomic mass is 16.5. The summed E-state index contributed by atoms with van der Waals surface area (Å²) in [4.78, 5) is 21.4. The molecular formula is C19H24O4. The monoisotopic (exact) mass is 316 g/mol. The van der Waals surface area contributed by atoms with Crippen molar-refractivity contribution in [1.82, 2.24) is 0 Å². The molecule has 1 aromatic heterocycles. The molecule has 0 atom stereocenters. The molecule has 2 rings (SSSR count). The molecule has 4 nitrogen and oxygen atoms in total. The first-order valence-corrected chi connectivity index (χ1v) is 8.40. The van der Waals surface area contributed by atoms with Crippen LogP contribution in [0.5, 0.6) is 5.75 Å². The van der Waals surface area contributed by atoms with Gasteiger partial charge in [-0.05, 0) is 31.0 Å². The van der Waals surface area contributed by atoms with E-state index in [1.54, 1.807) is 12.1 Å². The summed E-state index contributed by atoms with van der Waals surface area (Å²) in [6, 6.07) is 8.73. The lowest BCUT2D eigenvalue weighted by molar-refractivity contribution is -0.107. The Morgan fingerprint density at radius 1 is 0.913 bits per heavy atom. The average molecular weight is 316 g/mol. The predicted octanol–water partition coefficient (Wildman–Crippen LogP) is 4.49. The van der Waals surface area contributed by atoms with Crippen molar-refractivity contribution >= 4 is 17.3 Å². The van der Waals surface area contributed by atoms with Gasteiger partial charge in [-0.25, -0.2) is 4.79 Å². The van der Waals surface area contributed by atoms with Gasteiger partial charge in [0.2, 0.25) is 0 Å². The largest absolute Gasteiger partial charge is 0.493 e. The number of carbonyl (C=O) groups excluding carboxylic acids is 1. The number of ether oxygens (including phenoxy) is 1. The van der Waals surface area contributed by atoms with Crippen LogP contribution in [-0.4, -0.2) is 12.9 Å². The van der Waals surface area contributed by atoms with Crippen LogP contribution in [0.15, 0.2) is 39.5 Å². The lowest BCUT2D eigenvalue weighted by Gasteiger charge is -2.06. The lowest BCUT2D eigenvalue weighted by atomic mass is 10.1. The molecule has 0 unspecified atom stereocenters. The van der Waals surface area contributed by atoms with Crippen molar-refractivity contribution in [3.05, 3.63) is 40.8 Å². The minimum atomic E-state index is -0.345. The molecule has 0 aliphatic rings. The van der Waals surface area contributed by atoms with E-state index in [0.717, 1.165) is 43.1 Å². The number of benzene rings is 1. The fraction of sp³-hybridized carbons (Fsp3) is 0.474. The summed E-state index contributed by atoms with van der Waals surface area (Å²) < 4.78 is 10.9. The number of aldehydes is 1. The fourth-order valence-electron chi connectivity index (χ4n) is 2.53. The Morgan fingerprint density at radius 2 is 1.61 bits per heavy atom. The first-order valence-electron chi connectivity index (χ1n) is 8.40. The zero-order valence-corrected chi connectivity index (χ0v) is 13.5. The van der Waals surface area contributed by atoms with Gasteiger partial charge < -0.3 is 13.9 Å². The van der Waals surface area contributed by atoms with Gasteiger partial charge in [-0.1, -0.05) is 32.1 Å². The summed E-state index contributed by atoms with van der Waals surface area (Å²) in [5.41, 5.74) is 0.216. The Bertz CT molecular complexity index is 660. The normalized spacial score (nSPS) is 10.8. The summed E-state index contributed by atoms with van der Waals surface area (Å²) in [7, 11) is 0. The number of hydrogen-bond acceptors (Lipinski definition) is 4. The quantitative estimate of drug-likeness (QED) is 0.348. The van der Waals surface area contributed by atoms with Gasteiger partial charge in [-0.2, -0.15) is 0 Å². The van der Waals surface area contributed by atoms with E-state index < -0.39 is 0 Å². The second kappa shape index (κ2) is 9.82. The van der Waals surface area contributed by atoms with E-state index in [0.29, 0.717) is 18.6 Å². The Kier molecular flexibility index (Phi) is 7.37. The molecule has 124 valence electrons. The third kappa shape index (κ3) is 6.27. The van der Waals surface area contributed by atoms with Gasteiger partial charge in [0.25, 0.3) is 0 Å². The third-order valence-corrected chi connectivity index (χ3v) is 3.83. The van der Waals surface area contributed by atoms with E-state index in [-0.39, 0.29) is 5.63 Å². The molecule has 0 saturated heterocycles. The summed E-state index contributed by atoms with van der Waals surface area (Å²) in [6.45, 7) is 0.674. The molecule has 0 aliphatic carbocycles. The Balaban J connectivity index is 1.61. The Morgan fingerprint density at radius 3 is 2.39 bits per heavy atom. The molecule has 0 radical (unpaired) electrons. The minimum absolute atomic E-state index is 0.345. The van der Waals surface area contributed by atoms with Gasteiger partial charge >= 0.3 is 5.63 Å². The summed E-state index contributed by atoms with van der Waals surface area (Å²) >= 11 is 0. The van der Waals surface area contributed by atoms with Crippen LogP contribution in [0.2, 0.25) is 0 Å². The number of unbranched alkanes of at least 4 members (excludes halogenated alkanes) is 7. The van der Waals surface area contributed by atoms with Gasteiger partial charge in [0.05, 0.1) is 6.61 Å². The van der Waals surface area contributed by atoms with Crippen LogP contribution in [-0.2, 0) is 4.79 Å². The van der Waals surface area contributed by atoms with Crippen LogP contribution in [0.1, 0.15) is 51.4 Å². The van der Waals surface area contributed by atoms with Crippen LogP contribution in [0.3, 0.4) is 0 Å². The van der Waals surface area contributed by atoms with Crippen molar-refractivity contribution in [2.45, 2.75) is 51.4 Å². The molecule has 1 heterocycles. The summed E-state index contributed by atoms with van der Waals surface area (Å²) in [5.74, 6) is 0.737. The van der Waals surface area contributed by atoms with E-state index in [1.807, 2.05) is 12.1 Å². The number of rotatable bonds is 11. The van der Waals surface area contributed by atoms with Crippen molar-refractivity contribution in [2.75, 3.05) is 6.61 Å². The van der Waals surface area contributed by atoms with Crippen molar-refractivity contribution in [1.29, 1.82) is 0 Å². The first kappa shape index (κ1) is 17.3. The van der Waals surface area contributed by atoms with Gasteiger partial charge in [-0.3, -0.25) is 0 Å². The average Bonchev–Trinajstić information content (AvgIpc) is 2.56. The minimum Gasteiger partial charge on any atom is -0.493 e. The fourth-order valence-corrected chi connectivity index (χ4v) is 2.53. The SMILES string of the molecule is O=CCCCCCCCCCOc1ccc2ccc(=O)oc2c1. The summed E-state index contributed by atoms with van der Waals surface area (Å²) in [5, 5.41) is 0.895. The highest BCUT2D eigenvalue weighted by Gasteiger charge is 2.00. The molecule has 0 amide bonds. The van der Waals surface area contributed by atoms with Gasteiger partial charge in [0.15, 0.2) is 0 Å². The molecule has 23 heavy (non-hydrogen) atoms. The molecule has 4 heteroatoms. The first-order chi connectivity index (χ1) is 11.3. The Labute approximate surface area is 136 Å². The number of fused-ring (bicyclic) bond motifs is 1. The standard InChI is InChI=1S/C19H24O4/c20-13-7-5-3-1-2-4-6-8-14-22-17-11-9-16-10-12-19(21)23-18(16)15-17/h9-13,15H,1-8,14H2. The zero-order valence-electron chi connectivity index (χ0n) is 13.5.